The first-order valence-electron chi connectivity index (χ1n) is 31.8. The number of carbonyl (C=O) groups excluding carboxylic acids is 3. The van der Waals surface area contributed by atoms with Gasteiger partial charge in [-0.25, -0.2) is 0 Å². The molecule has 0 aromatic heterocycles. The minimum atomic E-state index is -2.22. The second kappa shape index (κ2) is 60.8. The van der Waals surface area contributed by atoms with E-state index in [0.29, 0.717) is 39.1 Å². The Kier molecular flexibility index (Phi) is 60.1. The molecule has 0 unspecified atom stereocenters. The van der Waals surface area contributed by atoms with Gasteiger partial charge in [-0.3, -0.25) is 0 Å². The van der Waals surface area contributed by atoms with Gasteiger partial charge in [0, 0.05) is 0 Å². The second-order valence-corrected chi connectivity index (χ2v) is 30.4. The van der Waals surface area contributed by atoms with Crippen molar-refractivity contribution in [2.24, 2.45) is 0 Å². The van der Waals surface area contributed by atoms with Crippen molar-refractivity contribution in [3.63, 3.8) is 0 Å². The van der Waals surface area contributed by atoms with Crippen LogP contribution in [0.25, 0.3) is 0 Å². The first-order chi connectivity index (χ1) is 34.5. The molecule has 0 saturated heterocycles. The fraction of sp³-hybridized carbons (Fsp3) is 0.952. The average Bonchev–Trinajstić information content (AvgIpc) is 3.36. The summed E-state index contributed by atoms with van der Waals surface area (Å²) in [4.78, 5) is 38.3. The van der Waals surface area contributed by atoms with E-state index in [4.69, 9.17) is 14.2 Å². The molecule has 0 rings (SSSR count). The first kappa shape index (κ1) is 69.2. The summed E-state index contributed by atoms with van der Waals surface area (Å²) in [5.41, 5.74) is 0. The molecule has 0 aliphatic heterocycles. The Morgan fingerprint density at radius 3 is 0.529 bits per heavy atom. The molecule has 0 atom stereocenters. The van der Waals surface area contributed by atoms with Gasteiger partial charge < -0.3 is 0 Å². The Morgan fingerprint density at radius 2 is 0.371 bits per heavy atom. The van der Waals surface area contributed by atoms with E-state index in [-0.39, 0.29) is 17.9 Å². The van der Waals surface area contributed by atoms with Gasteiger partial charge in [-0.05, 0) is 0 Å². The van der Waals surface area contributed by atoms with Crippen LogP contribution >= 0.6 is 0 Å². The van der Waals surface area contributed by atoms with Crippen LogP contribution in [0.15, 0.2) is 0 Å². The molecule has 0 aliphatic carbocycles. The van der Waals surface area contributed by atoms with Gasteiger partial charge in [-0.1, -0.05) is 194 Å². The van der Waals surface area contributed by atoms with E-state index < -0.39 is 19.8 Å². The van der Waals surface area contributed by atoms with Crippen LogP contribution < -0.4 is 0 Å². The molecule has 0 aromatic carbocycles. The number of hydrogen-bond acceptors (Lipinski definition) is 6. The standard InChI is InChI=1S/3C21H41O2.Sn/c3*1-3-5-6-7-8-9-10-11-12-13-14-15-16-17-18-19-20-23-21(22)4-2;/h3*2-20H2,1H3;. The van der Waals surface area contributed by atoms with Crippen molar-refractivity contribution in [3.8, 4) is 0 Å². The van der Waals surface area contributed by atoms with E-state index in [1.165, 1.54) is 270 Å². The molecule has 0 heterocycles. The summed E-state index contributed by atoms with van der Waals surface area (Å²) in [5, 5.41) is 0. The SMILES string of the molecule is CCCCCCCCCCCCCCCCCCOC(=O)C[CH2][Sn]([CH2]CC(=O)OCCCCCCCCCCCCCCCCCC)[CH2]CC(=O)OCCCCCCCCCCCCCCCCCC. The van der Waals surface area contributed by atoms with Crippen LogP contribution in [0, 0.1) is 0 Å². The van der Waals surface area contributed by atoms with Gasteiger partial charge in [-0.2, -0.15) is 0 Å². The van der Waals surface area contributed by atoms with Gasteiger partial charge in [-0.15, -0.1) is 0 Å². The number of rotatable bonds is 60. The molecule has 0 spiro atoms. The number of esters is 3. The predicted molar refractivity (Wildman–Crippen MR) is 306 cm³/mol. The zero-order valence-electron chi connectivity index (χ0n) is 47.8. The molecule has 6 nitrogen and oxygen atoms in total. The number of carbonyl (C=O) groups is 3. The molecule has 0 saturated carbocycles. The summed E-state index contributed by atoms with van der Waals surface area (Å²) in [6, 6.07) is 0. The summed E-state index contributed by atoms with van der Waals surface area (Å²) in [6.45, 7) is 8.38. The van der Waals surface area contributed by atoms with Crippen molar-refractivity contribution in [2.45, 2.75) is 362 Å². The maximum atomic E-state index is 12.8. The van der Waals surface area contributed by atoms with E-state index in [9.17, 15) is 14.4 Å². The number of unbranched alkanes of at least 4 members (excludes halogenated alkanes) is 45. The van der Waals surface area contributed by atoms with E-state index in [1.807, 2.05) is 0 Å². The summed E-state index contributed by atoms with van der Waals surface area (Å²) in [7, 11) is 0. The molecule has 0 N–H and O–H groups in total. The fourth-order valence-corrected chi connectivity index (χ4v) is 16.9. The third kappa shape index (κ3) is 58.1. The number of ether oxygens (including phenoxy) is 3. The quantitative estimate of drug-likeness (QED) is 0.0261. The van der Waals surface area contributed by atoms with Crippen molar-refractivity contribution < 1.29 is 28.6 Å². The molecule has 0 amide bonds. The van der Waals surface area contributed by atoms with E-state index in [2.05, 4.69) is 20.8 Å². The Hall–Kier alpha value is -0.791. The maximum absolute atomic E-state index is 12.8. The van der Waals surface area contributed by atoms with Crippen LogP contribution in [0.2, 0.25) is 13.3 Å². The minimum absolute atomic E-state index is 0.115. The van der Waals surface area contributed by atoms with Crippen molar-refractivity contribution in [3.05, 3.63) is 0 Å². The molecule has 0 aliphatic rings. The first-order valence-corrected chi connectivity index (χ1v) is 37.9. The van der Waals surface area contributed by atoms with E-state index >= 15 is 0 Å². The monoisotopic (exact) mass is 1100 g/mol. The van der Waals surface area contributed by atoms with E-state index in [0.717, 1.165) is 51.8 Å². The van der Waals surface area contributed by atoms with Crippen LogP contribution in [0.1, 0.15) is 348 Å². The fourth-order valence-electron chi connectivity index (χ4n) is 9.94. The summed E-state index contributed by atoms with van der Waals surface area (Å²) in [6.07, 6.45) is 65.0. The molecule has 0 bridgehead atoms. The summed E-state index contributed by atoms with van der Waals surface area (Å²) >= 11 is -2.22. The third-order valence-corrected chi connectivity index (χ3v) is 23.0. The van der Waals surface area contributed by atoms with Crippen LogP contribution in [0.3, 0.4) is 0 Å². The smallest absolute Gasteiger partial charge is 0.0654 e. The van der Waals surface area contributed by atoms with Gasteiger partial charge >= 0.3 is 253 Å². The molecular weight excluding hydrogens is 971 g/mol. The Labute approximate surface area is 445 Å². The zero-order chi connectivity index (χ0) is 50.7. The van der Waals surface area contributed by atoms with E-state index in [1.54, 1.807) is 0 Å². The van der Waals surface area contributed by atoms with Gasteiger partial charge in [0.2, 0.25) is 0 Å². The molecule has 70 heavy (non-hydrogen) atoms. The van der Waals surface area contributed by atoms with Crippen molar-refractivity contribution in [1.82, 2.24) is 0 Å². The molecule has 0 fully saturated rings. The van der Waals surface area contributed by atoms with Crippen molar-refractivity contribution in [2.75, 3.05) is 19.8 Å². The minimum Gasteiger partial charge on any atom is -0.0654 e. The summed E-state index contributed by atoms with van der Waals surface area (Å²) in [5.74, 6) is -0.344. The Bertz CT molecular complexity index is 924. The van der Waals surface area contributed by atoms with Gasteiger partial charge in [0.25, 0.3) is 0 Å². The van der Waals surface area contributed by atoms with Crippen molar-refractivity contribution >= 4 is 37.7 Å². The predicted octanol–water partition coefficient (Wildman–Crippen LogP) is 21.1. The normalized spacial score (nSPS) is 11.5. The topological polar surface area (TPSA) is 78.9 Å². The van der Waals surface area contributed by atoms with Crippen LogP contribution in [-0.2, 0) is 28.6 Å². The molecule has 1 radical (unpaired) electrons. The molecular formula is C63H123O6Sn. The molecule has 7 heteroatoms. The second-order valence-electron chi connectivity index (χ2n) is 21.8. The van der Waals surface area contributed by atoms with Crippen molar-refractivity contribution in [1.29, 1.82) is 0 Å². The average molecular weight is 1100 g/mol. The van der Waals surface area contributed by atoms with Gasteiger partial charge in [0.1, 0.15) is 0 Å². The molecule has 0 aromatic rings. The zero-order valence-corrected chi connectivity index (χ0v) is 50.6. The van der Waals surface area contributed by atoms with Crippen LogP contribution in [0.4, 0.5) is 0 Å². The number of hydrogen-bond donors (Lipinski definition) is 0. The Morgan fingerprint density at radius 1 is 0.229 bits per heavy atom. The van der Waals surface area contributed by atoms with Gasteiger partial charge in [0.05, 0.1) is 0 Å². The van der Waals surface area contributed by atoms with Gasteiger partial charge in [0.15, 0.2) is 0 Å². The van der Waals surface area contributed by atoms with Crippen LogP contribution in [-0.4, -0.2) is 57.5 Å². The third-order valence-electron chi connectivity index (χ3n) is 14.8. The summed E-state index contributed by atoms with van der Waals surface area (Å²) < 4.78 is 19.4. The Balaban J connectivity index is 4.28. The van der Waals surface area contributed by atoms with Crippen LogP contribution in [0.5, 0.6) is 0 Å². The molecule has 415 valence electrons.